The van der Waals surface area contributed by atoms with E-state index in [-0.39, 0.29) is 31.1 Å². The number of rotatable bonds is 13. The van der Waals surface area contributed by atoms with E-state index < -0.39 is 0 Å². The van der Waals surface area contributed by atoms with Crippen LogP contribution >= 0.6 is 0 Å². The molecule has 0 heterocycles. The molecule has 0 bridgehead atoms. The van der Waals surface area contributed by atoms with Crippen LogP contribution in [0, 0.1) is 5.82 Å². The third-order valence-corrected chi connectivity index (χ3v) is 5.46. The van der Waals surface area contributed by atoms with Crippen molar-refractivity contribution < 1.29 is 18.6 Å². The highest BCUT2D eigenvalue weighted by Crippen LogP contribution is 2.41. The van der Waals surface area contributed by atoms with Crippen molar-refractivity contribution >= 4 is 6.08 Å². The number of hydrogen-bond donors (Lipinski definition) is 0. The molecular formula is C28H39FO3. The Hall–Kier alpha value is -2.01. The topological polar surface area (TPSA) is 27.7 Å². The summed E-state index contributed by atoms with van der Waals surface area (Å²) >= 11 is 0. The van der Waals surface area contributed by atoms with E-state index in [1.807, 2.05) is 32.0 Å². The summed E-state index contributed by atoms with van der Waals surface area (Å²) < 4.78 is 32.4. The zero-order chi connectivity index (χ0) is 23.5. The van der Waals surface area contributed by atoms with Crippen LogP contribution in [-0.4, -0.2) is 27.1 Å². The number of ether oxygens (including phenoxy) is 3. The summed E-state index contributed by atoms with van der Waals surface area (Å²) in [7, 11) is 1.64. The molecule has 0 saturated carbocycles. The summed E-state index contributed by atoms with van der Waals surface area (Å²) in [5.74, 6) is -0.0232. The van der Waals surface area contributed by atoms with Gasteiger partial charge in [-0.1, -0.05) is 83.5 Å². The van der Waals surface area contributed by atoms with Gasteiger partial charge in [0.05, 0.1) is 19.8 Å². The molecule has 0 unspecified atom stereocenters. The molecule has 0 atom stereocenters. The van der Waals surface area contributed by atoms with Crippen molar-refractivity contribution in [2.75, 3.05) is 27.1 Å². The molecule has 0 aliphatic carbocycles. The average molecular weight is 443 g/mol. The molecule has 0 aliphatic heterocycles. The SMILES string of the molecule is CCCC=Cc1c(-c2ccccc2)c(COCOCCOC)c(C(C)C)c(F)c1C(C)C. The summed E-state index contributed by atoms with van der Waals surface area (Å²) in [6, 6.07) is 10.3. The predicted octanol–water partition coefficient (Wildman–Crippen LogP) is 7.69. The van der Waals surface area contributed by atoms with Gasteiger partial charge < -0.3 is 14.2 Å². The molecule has 0 spiro atoms. The van der Waals surface area contributed by atoms with Crippen LogP contribution < -0.4 is 0 Å². The van der Waals surface area contributed by atoms with E-state index in [1.165, 1.54) is 0 Å². The summed E-state index contributed by atoms with van der Waals surface area (Å²) in [6.07, 6.45) is 6.27. The molecule has 2 rings (SSSR count). The highest BCUT2D eigenvalue weighted by molar-refractivity contribution is 5.82. The minimum absolute atomic E-state index is 0.0247. The fraction of sp³-hybridized carbons (Fsp3) is 0.500. The smallest absolute Gasteiger partial charge is 0.147 e. The molecule has 0 amide bonds. The fourth-order valence-corrected chi connectivity index (χ4v) is 4.02. The first-order chi connectivity index (χ1) is 15.4. The molecule has 3 nitrogen and oxygen atoms in total. The van der Waals surface area contributed by atoms with Crippen LogP contribution in [0.3, 0.4) is 0 Å². The fourth-order valence-electron chi connectivity index (χ4n) is 4.02. The largest absolute Gasteiger partial charge is 0.382 e. The summed E-state index contributed by atoms with van der Waals surface area (Å²) in [5, 5.41) is 0. The van der Waals surface area contributed by atoms with Crippen LogP contribution in [0.15, 0.2) is 36.4 Å². The van der Waals surface area contributed by atoms with Gasteiger partial charge in [0, 0.05) is 7.11 Å². The molecule has 2 aromatic carbocycles. The van der Waals surface area contributed by atoms with Crippen molar-refractivity contribution in [1.29, 1.82) is 0 Å². The highest BCUT2D eigenvalue weighted by atomic mass is 19.1. The second-order valence-electron chi connectivity index (χ2n) is 8.64. The van der Waals surface area contributed by atoms with Crippen LogP contribution in [-0.2, 0) is 20.8 Å². The molecular weight excluding hydrogens is 403 g/mol. The van der Waals surface area contributed by atoms with E-state index in [2.05, 4.69) is 45.1 Å². The van der Waals surface area contributed by atoms with Crippen LogP contribution in [0.4, 0.5) is 4.39 Å². The maximum atomic E-state index is 16.0. The average Bonchev–Trinajstić information content (AvgIpc) is 2.76. The maximum absolute atomic E-state index is 16.0. The van der Waals surface area contributed by atoms with Crippen LogP contribution in [0.25, 0.3) is 17.2 Å². The Bertz CT molecular complexity index is 857. The van der Waals surface area contributed by atoms with E-state index in [4.69, 9.17) is 14.2 Å². The number of hydrogen-bond acceptors (Lipinski definition) is 3. The molecule has 0 N–H and O–H groups in total. The van der Waals surface area contributed by atoms with Crippen molar-refractivity contribution in [3.63, 3.8) is 0 Å². The number of allylic oxidation sites excluding steroid dienone is 1. The second kappa shape index (κ2) is 13.5. The lowest BCUT2D eigenvalue weighted by Gasteiger charge is -2.26. The lowest BCUT2D eigenvalue weighted by molar-refractivity contribution is -0.0726. The van der Waals surface area contributed by atoms with Crippen molar-refractivity contribution in [3.05, 3.63) is 64.5 Å². The molecule has 0 radical (unpaired) electrons. The molecule has 0 aliphatic rings. The third-order valence-electron chi connectivity index (χ3n) is 5.46. The Morgan fingerprint density at radius 3 is 2.22 bits per heavy atom. The first-order valence-corrected chi connectivity index (χ1v) is 11.7. The van der Waals surface area contributed by atoms with Crippen molar-refractivity contribution in [3.8, 4) is 11.1 Å². The van der Waals surface area contributed by atoms with Crippen molar-refractivity contribution in [2.45, 2.75) is 65.9 Å². The summed E-state index contributed by atoms with van der Waals surface area (Å²) in [6.45, 7) is 11.8. The van der Waals surface area contributed by atoms with Gasteiger partial charge in [-0.05, 0) is 51.6 Å². The first kappa shape index (κ1) is 26.2. The first-order valence-electron chi connectivity index (χ1n) is 11.7. The summed E-state index contributed by atoms with van der Waals surface area (Å²) in [4.78, 5) is 0. The maximum Gasteiger partial charge on any atom is 0.147 e. The molecule has 0 aromatic heterocycles. The third kappa shape index (κ3) is 6.74. The van der Waals surface area contributed by atoms with E-state index in [0.717, 1.165) is 46.2 Å². The molecule has 32 heavy (non-hydrogen) atoms. The highest BCUT2D eigenvalue weighted by Gasteiger charge is 2.26. The Labute approximate surface area is 193 Å². The molecule has 2 aromatic rings. The van der Waals surface area contributed by atoms with Gasteiger partial charge in [0.2, 0.25) is 0 Å². The van der Waals surface area contributed by atoms with E-state index in [9.17, 15) is 0 Å². The lowest BCUT2D eigenvalue weighted by atomic mass is 9.80. The monoisotopic (exact) mass is 442 g/mol. The summed E-state index contributed by atoms with van der Waals surface area (Å²) in [5.41, 5.74) is 5.51. The number of benzene rings is 2. The van der Waals surface area contributed by atoms with Crippen LogP contribution in [0.1, 0.15) is 81.5 Å². The standard InChI is InChI=1S/C28H39FO3/c1-7-8-10-15-23-25(20(2)3)28(29)26(21(4)5)24(18-32-19-31-17-16-30-6)27(23)22-13-11-9-12-14-22/h9-15,20-21H,7-8,16-19H2,1-6H3. The van der Waals surface area contributed by atoms with E-state index in [1.54, 1.807) is 7.11 Å². The van der Waals surface area contributed by atoms with Gasteiger partial charge in [0.15, 0.2) is 0 Å². The minimum Gasteiger partial charge on any atom is -0.382 e. The van der Waals surface area contributed by atoms with Crippen LogP contribution in [0.5, 0.6) is 0 Å². The van der Waals surface area contributed by atoms with Gasteiger partial charge in [-0.25, -0.2) is 4.39 Å². The van der Waals surface area contributed by atoms with E-state index in [0.29, 0.717) is 13.2 Å². The van der Waals surface area contributed by atoms with Gasteiger partial charge in [-0.2, -0.15) is 0 Å². The lowest BCUT2D eigenvalue weighted by Crippen LogP contribution is -2.13. The Kier molecular flexibility index (Phi) is 11.1. The Morgan fingerprint density at radius 1 is 0.938 bits per heavy atom. The second-order valence-corrected chi connectivity index (χ2v) is 8.64. The van der Waals surface area contributed by atoms with Crippen LogP contribution in [0.2, 0.25) is 0 Å². The van der Waals surface area contributed by atoms with Gasteiger partial charge in [-0.15, -0.1) is 0 Å². The minimum atomic E-state index is -0.107. The molecule has 4 heteroatoms. The zero-order valence-corrected chi connectivity index (χ0v) is 20.5. The van der Waals surface area contributed by atoms with E-state index >= 15 is 4.39 Å². The number of halogens is 1. The Morgan fingerprint density at radius 2 is 1.62 bits per heavy atom. The predicted molar refractivity (Wildman–Crippen MR) is 131 cm³/mol. The molecule has 176 valence electrons. The van der Waals surface area contributed by atoms with Crippen molar-refractivity contribution in [2.24, 2.45) is 0 Å². The van der Waals surface area contributed by atoms with Crippen molar-refractivity contribution in [1.82, 2.24) is 0 Å². The Balaban J connectivity index is 2.69. The molecule has 0 fully saturated rings. The number of methoxy groups -OCH3 is 1. The van der Waals surface area contributed by atoms with Gasteiger partial charge in [0.25, 0.3) is 0 Å². The normalized spacial score (nSPS) is 11.9. The number of unbranched alkanes of at least 4 members (excludes halogenated alkanes) is 1. The quantitative estimate of drug-likeness (QED) is 0.235. The van der Waals surface area contributed by atoms with Gasteiger partial charge in [-0.3, -0.25) is 0 Å². The molecule has 0 saturated heterocycles. The zero-order valence-electron chi connectivity index (χ0n) is 20.5. The van der Waals surface area contributed by atoms with Gasteiger partial charge in [0.1, 0.15) is 12.6 Å². The van der Waals surface area contributed by atoms with Gasteiger partial charge >= 0.3 is 0 Å².